The van der Waals surface area contributed by atoms with Gasteiger partial charge in [-0.1, -0.05) is 35.9 Å². The number of Topliss-reactive ketones (excluding diaryl/α,β-unsaturated/α-hetero) is 1. The summed E-state index contributed by atoms with van der Waals surface area (Å²) in [5.41, 5.74) is 2.03. The Hall–Kier alpha value is -3.32. The van der Waals surface area contributed by atoms with E-state index in [2.05, 4.69) is 0 Å². The maximum Gasteiger partial charge on any atom is 0.295 e. The number of likely N-dealkylation sites (tertiary alicyclic amines) is 1. The molecule has 7 nitrogen and oxygen atoms in total. The molecule has 7 heteroatoms. The van der Waals surface area contributed by atoms with Crippen LogP contribution in [0.4, 0.5) is 0 Å². The standard InChI is InChI=1S/C24H25NO6/c1-14-5-7-15(8-6-14)22(27)20-21(16-9-10-18(26)19(12-16)30-2)25(24(29)23(20)28)13-17-4-3-11-31-17/h5-10,12,17,21,26-27H,3-4,11,13H2,1-2H3/t17-,21-/m0/s1. The molecule has 0 spiro atoms. The molecule has 2 saturated heterocycles. The summed E-state index contributed by atoms with van der Waals surface area (Å²) in [4.78, 5) is 27.5. The molecule has 2 aromatic carbocycles. The van der Waals surface area contributed by atoms with Crippen molar-refractivity contribution >= 4 is 17.4 Å². The van der Waals surface area contributed by atoms with Crippen LogP contribution in [0.15, 0.2) is 48.0 Å². The number of rotatable bonds is 5. The van der Waals surface area contributed by atoms with Gasteiger partial charge in [0.25, 0.3) is 11.7 Å². The smallest absolute Gasteiger partial charge is 0.295 e. The van der Waals surface area contributed by atoms with Gasteiger partial charge in [0.2, 0.25) is 0 Å². The summed E-state index contributed by atoms with van der Waals surface area (Å²) in [6.07, 6.45) is 1.53. The zero-order valence-corrected chi connectivity index (χ0v) is 17.5. The molecule has 2 aromatic rings. The molecule has 2 aliphatic heterocycles. The molecule has 1 amide bonds. The number of carbonyl (C=O) groups is 2. The van der Waals surface area contributed by atoms with Gasteiger partial charge in [-0.2, -0.15) is 0 Å². The summed E-state index contributed by atoms with van der Waals surface area (Å²) in [7, 11) is 1.43. The number of amides is 1. The van der Waals surface area contributed by atoms with Crippen LogP contribution in [-0.2, 0) is 14.3 Å². The van der Waals surface area contributed by atoms with Crippen LogP contribution in [0.25, 0.3) is 5.76 Å². The summed E-state index contributed by atoms with van der Waals surface area (Å²) in [6, 6.07) is 10.9. The number of aliphatic hydroxyl groups is 1. The minimum absolute atomic E-state index is 0.0135. The third-order valence-electron chi connectivity index (χ3n) is 5.81. The predicted molar refractivity (Wildman–Crippen MR) is 114 cm³/mol. The highest BCUT2D eigenvalue weighted by atomic mass is 16.5. The van der Waals surface area contributed by atoms with Crippen LogP contribution in [0.1, 0.15) is 35.6 Å². The van der Waals surface area contributed by atoms with E-state index in [9.17, 15) is 19.8 Å². The molecule has 2 atom stereocenters. The van der Waals surface area contributed by atoms with Crippen LogP contribution in [0.3, 0.4) is 0 Å². The lowest BCUT2D eigenvalue weighted by Crippen LogP contribution is -2.36. The predicted octanol–water partition coefficient (Wildman–Crippen LogP) is 3.31. The number of aryl methyl sites for hydroxylation is 1. The maximum atomic E-state index is 13.0. The Morgan fingerprint density at radius 1 is 1.19 bits per heavy atom. The second-order valence-corrected chi connectivity index (χ2v) is 7.88. The van der Waals surface area contributed by atoms with Gasteiger partial charge in [0.15, 0.2) is 11.5 Å². The van der Waals surface area contributed by atoms with Gasteiger partial charge in [0.1, 0.15) is 5.76 Å². The Morgan fingerprint density at radius 3 is 2.58 bits per heavy atom. The van der Waals surface area contributed by atoms with Gasteiger partial charge in [-0.05, 0) is 37.5 Å². The van der Waals surface area contributed by atoms with Crippen molar-refractivity contribution in [3.05, 3.63) is 64.7 Å². The number of aromatic hydroxyl groups is 1. The van der Waals surface area contributed by atoms with Crippen molar-refractivity contribution in [3.8, 4) is 11.5 Å². The van der Waals surface area contributed by atoms with Crippen molar-refractivity contribution in [2.45, 2.75) is 31.9 Å². The molecule has 0 aromatic heterocycles. The minimum atomic E-state index is -0.819. The monoisotopic (exact) mass is 423 g/mol. The summed E-state index contributed by atoms with van der Waals surface area (Å²) in [5, 5.41) is 21.1. The Labute approximate surface area is 180 Å². The van der Waals surface area contributed by atoms with Crippen LogP contribution in [0.5, 0.6) is 11.5 Å². The van der Waals surface area contributed by atoms with Crippen LogP contribution in [0, 0.1) is 6.92 Å². The summed E-state index contributed by atoms with van der Waals surface area (Å²) >= 11 is 0. The van der Waals surface area contributed by atoms with Crippen LogP contribution in [-0.4, -0.2) is 53.2 Å². The molecule has 4 rings (SSSR count). The van der Waals surface area contributed by atoms with Crippen LogP contribution >= 0.6 is 0 Å². The number of ether oxygens (including phenoxy) is 2. The molecule has 2 fully saturated rings. The van der Waals surface area contributed by atoms with Crippen molar-refractivity contribution in [1.82, 2.24) is 4.90 Å². The molecule has 0 aliphatic carbocycles. The fraction of sp³-hybridized carbons (Fsp3) is 0.333. The second-order valence-electron chi connectivity index (χ2n) is 7.88. The van der Waals surface area contributed by atoms with Crippen molar-refractivity contribution < 1.29 is 29.3 Å². The average molecular weight is 423 g/mol. The number of phenolic OH excluding ortho intramolecular Hbond substituents is 1. The van der Waals surface area contributed by atoms with Gasteiger partial charge in [0, 0.05) is 18.7 Å². The quantitative estimate of drug-likeness (QED) is 0.435. The number of nitrogens with zero attached hydrogens (tertiary/aromatic N) is 1. The topological polar surface area (TPSA) is 96.3 Å². The number of hydrogen-bond donors (Lipinski definition) is 2. The van der Waals surface area contributed by atoms with Gasteiger partial charge in [-0.25, -0.2) is 0 Å². The fourth-order valence-corrected chi connectivity index (χ4v) is 4.15. The SMILES string of the molecule is COc1cc([C@H]2C(=C(O)c3ccc(C)cc3)C(=O)C(=O)N2C[C@@H]2CCCO2)ccc1O. The molecule has 0 saturated carbocycles. The third kappa shape index (κ3) is 3.88. The molecule has 31 heavy (non-hydrogen) atoms. The number of benzene rings is 2. The number of ketones is 1. The van der Waals surface area contributed by atoms with E-state index in [1.54, 1.807) is 24.3 Å². The Balaban J connectivity index is 1.85. The number of phenols is 1. The highest BCUT2D eigenvalue weighted by Crippen LogP contribution is 2.42. The lowest BCUT2D eigenvalue weighted by molar-refractivity contribution is -0.140. The lowest BCUT2D eigenvalue weighted by atomic mass is 9.94. The molecule has 2 heterocycles. The molecule has 0 unspecified atom stereocenters. The van der Waals surface area contributed by atoms with Crippen LogP contribution in [0.2, 0.25) is 0 Å². The van der Waals surface area contributed by atoms with E-state index < -0.39 is 17.7 Å². The van der Waals surface area contributed by atoms with E-state index in [-0.39, 0.29) is 35.5 Å². The number of methoxy groups -OCH3 is 1. The largest absolute Gasteiger partial charge is 0.507 e. The molecule has 0 radical (unpaired) electrons. The van der Waals surface area contributed by atoms with Gasteiger partial charge < -0.3 is 24.6 Å². The van der Waals surface area contributed by atoms with Crippen LogP contribution < -0.4 is 4.74 Å². The fourth-order valence-electron chi connectivity index (χ4n) is 4.15. The second kappa shape index (κ2) is 8.43. The number of hydrogen-bond acceptors (Lipinski definition) is 6. The summed E-state index contributed by atoms with van der Waals surface area (Å²) in [5.74, 6) is -1.49. The van der Waals surface area contributed by atoms with E-state index in [0.717, 1.165) is 18.4 Å². The Morgan fingerprint density at radius 2 is 1.94 bits per heavy atom. The van der Waals surface area contributed by atoms with Crippen molar-refractivity contribution in [3.63, 3.8) is 0 Å². The lowest BCUT2D eigenvalue weighted by Gasteiger charge is -2.27. The molecule has 2 N–H and O–H groups in total. The number of aliphatic hydroxyl groups excluding tert-OH is 1. The van der Waals surface area contributed by atoms with Crippen molar-refractivity contribution in [2.24, 2.45) is 0 Å². The maximum absolute atomic E-state index is 13.0. The molecular weight excluding hydrogens is 398 g/mol. The zero-order valence-electron chi connectivity index (χ0n) is 17.5. The van der Waals surface area contributed by atoms with Gasteiger partial charge in [-0.3, -0.25) is 9.59 Å². The van der Waals surface area contributed by atoms with Crippen molar-refractivity contribution in [2.75, 3.05) is 20.3 Å². The highest BCUT2D eigenvalue weighted by Gasteiger charge is 2.47. The first-order chi connectivity index (χ1) is 14.9. The van der Waals surface area contributed by atoms with Gasteiger partial charge in [0.05, 0.1) is 24.8 Å². The average Bonchev–Trinajstić information content (AvgIpc) is 3.37. The van der Waals surface area contributed by atoms with E-state index in [0.29, 0.717) is 17.7 Å². The first-order valence-corrected chi connectivity index (χ1v) is 10.2. The molecule has 2 aliphatic rings. The molecule has 0 bridgehead atoms. The summed E-state index contributed by atoms with van der Waals surface area (Å²) < 4.78 is 10.9. The van der Waals surface area contributed by atoms with Gasteiger partial charge in [-0.15, -0.1) is 0 Å². The Bertz CT molecular complexity index is 1040. The first kappa shape index (κ1) is 20.9. The van der Waals surface area contributed by atoms with E-state index >= 15 is 0 Å². The minimum Gasteiger partial charge on any atom is -0.507 e. The highest BCUT2D eigenvalue weighted by molar-refractivity contribution is 6.46. The molecule has 162 valence electrons. The van der Waals surface area contributed by atoms with Crippen molar-refractivity contribution in [1.29, 1.82) is 0 Å². The van der Waals surface area contributed by atoms with E-state index in [4.69, 9.17) is 9.47 Å². The first-order valence-electron chi connectivity index (χ1n) is 10.2. The normalized spacial score (nSPS) is 22.8. The van der Waals surface area contributed by atoms with E-state index in [1.807, 2.05) is 19.1 Å². The van der Waals surface area contributed by atoms with E-state index in [1.165, 1.54) is 18.1 Å². The zero-order chi connectivity index (χ0) is 22.1. The third-order valence-corrected chi connectivity index (χ3v) is 5.81. The Kier molecular flexibility index (Phi) is 5.69. The summed E-state index contributed by atoms with van der Waals surface area (Å²) in [6.45, 7) is 2.78. The number of carbonyl (C=O) groups excluding carboxylic acids is 2. The molecular formula is C24H25NO6. The van der Waals surface area contributed by atoms with Gasteiger partial charge >= 0.3 is 0 Å².